The number of aryl methyl sites for hydroxylation is 3. The fourth-order valence-electron chi connectivity index (χ4n) is 6.69. The summed E-state index contributed by atoms with van der Waals surface area (Å²) in [7, 11) is -3.81. The van der Waals surface area contributed by atoms with Gasteiger partial charge in [0.05, 0.1) is 10.3 Å². The van der Waals surface area contributed by atoms with Crippen molar-refractivity contribution in [3.05, 3.63) is 87.7 Å². The van der Waals surface area contributed by atoms with Gasteiger partial charge in [0, 0.05) is 85.1 Å². The Balaban J connectivity index is 1.40. The Morgan fingerprint density at radius 1 is 1.04 bits per heavy atom. The molecular formula is C35H43N7O4S. The number of amides is 1. The van der Waals surface area contributed by atoms with E-state index in [1.807, 2.05) is 26.8 Å². The van der Waals surface area contributed by atoms with Crippen LogP contribution in [0.5, 0.6) is 0 Å². The Hall–Kier alpha value is -4.29. The second-order valence-corrected chi connectivity index (χ2v) is 15.4. The number of nitrogens with zero attached hydrogens (tertiary/aromatic N) is 5. The summed E-state index contributed by atoms with van der Waals surface area (Å²) < 4.78 is 28.6. The molecule has 4 heterocycles. The molecule has 1 aromatic carbocycles. The molecule has 2 fully saturated rings. The molecule has 0 unspecified atom stereocenters. The molecule has 0 bridgehead atoms. The zero-order chi connectivity index (χ0) is 33.7. The van der Waals surface area contributed by atoms with Crippen LogP contribution in [0, 0.1) is 20.8 Å². The fraction of sp³-hybridized carbons (Fsp3) is 0.429. The molecule has 1 saturated carbocycles. The van der Waals surface area contributed by atoms with Crippen LogP contribution in [0.1, 0.15) is 65.9 Å². The number of rotatable bonds is 10. The van der Waals surface area contributed by atoms with Gasteiger partial charge in [0.1, 0.15) is 0 Å². The predicted octanol–water partition coefficient (Wildman–Crippen LogP) is 4.46. The average molecular weight is 658 g/mol. The molecule has 1 amide bonds. The van der Waals surface area contributed by atoms with Crippen molar-refractivity contribution in [3.8, 4) is 11.1 Å². The van der Waals surface area contributed by atoms with Gasteiger partial charge in [0.15, 0.2) is 0 Å². The molecule has 0 radical (unpaired) electrons. The Kier molecular flexibility index (Phi) is 8.60. The maximum atomic E-state index is 14.1. The molecule has 47 heavy (non-hydrogen) atoms. The summed E-state index contributed by atoms with van der Waals surface area (Å²) in [6.07, 6.45) is 8.18. The first-order valence-electron chi connectivity index (χ1n) is 16.2. The number of H-pyrrole nitrogens is 1. The molecule has 1 aliphatic heterocycles. The van der Waals surface area contributed by atoms with E-state index >= 15 is 0 Å². The van der Waals surface area contributed by atoms with Crippen molar-refractivity contribution >= 4 is 32.8 Å². The lowest BCUT2D eigenvalue weighted by atomic mass is 9.99. The second-order valence-electron chi connectivity index (χ2n) is 13.2. The van der Waals surface area contributed by atoms with Crippen LogP contribution in [0.3, 0.4) is 0 Å². The summed E-state index contributed by atoms with van der Waals surface area (Å²) in [5, 5.41) is 3.46. The number of hydrogen-bond donors (Lipinski definition) is 2. The van der Waals surface area contributed by atoms with Gasteiger partial charge in [0.25, 0.3) is 11.5 Å². The molecule has 1 aliphatic carbocycles. The van der Waals surface area contributed by atoms with E-state index < -0.39 is 20.7 Å². The SMILES string of the molecule is C=CCC1(S(=O)(=O)n2cc(C)c3c(C(=O)NCc4c(C)cc(C)[nH]c4=O)cc(-c4cnc(N5CCN(C(C)C)CC5)nc4)cc32)CC1. The summed E-state index contributed by atoms with van der Waals surface area (Å²) in [4.78, 5) is 43.3. The van der Waals surface area contributed by atoms with Gasteiger partial charge in [-0.3, -0.25) is 14.5 Å². The van der Waals surface area contributed by atoms with Gasteiger partial charge in [-0.2, -0.15) is 0 Å². The van der Waals surface area contributed by atoms with Crippen molar-refractivity contribution in [2.75, 3.05) is 31.1 Å². The highest BCUT2D eigenvalue weighted by Crippen LogP contribution is 2.49. The monoisotopic (exact) mass is 657 g/mol. The molecule has 1 saturated heterocycles. The number of nitrogens with one attached hydrogen (secondary N) is 2. The van der Waals surface area contributed by atoms with E-state index in [0.717, 1.165) is 37.4 Å². The van der Waals surface area contributed by atoms with E-state index in [0.29, 0.717) is 70.0 Å². The van der Waals surface area contributed by atoms with Crippen molar-refractivity contribution in [2.24, 2.45) is 0 Å². The molecule has 3 aromatic heterocycles. The lowest BCUT2D eigenvalue weighted by Gasteiger charge is -2.36. The minimum absolute atomic E-state index is 0.0222. The van der Waals surface area contributed by atoms with Crippen LogP contribution in [0.15, 0.2) is 54.2 Å². The minimum Gasteiger partial charge on any atom is -0.348 e. The fourth-order valence-corrected chi connectivity index (χ4v) is 8.75. The summed E-state index contributed by atoms with van der Waals surface area (Å²) in [5.74, 6) is 0.221. The largest absolute Gasteiger partial charge is 0.348 e. The predicted molar refractivity (Wildman–Crippen MR) is 185 cm³/mol. The molecule has 6 rings (SSSR count). The lowest BCUT2D eigenvalue weighted by Crippen LogP contribution is -2.49. The van der Waals surface area contributed by atoms with Crippen LogP contribution in [0.4, 0.5) is 5.95 Å². The quantitative estimate of drug-likeness (QED) is 0.239. The maximum absolute atomic E-state index is 14.1. The van der Waals surface area contributed by atoms with Crippen LogP contribution in [-0.2, 0) is 16.6 Å². The molecule has 2 N–H and O–H groups in total. The van der Waals surface area contributed by atoms with E-state index in [4.69, 9.17) is 0 Å². The smallest absolute Gasteiger partial charge is 0.253 e. The van der Waals surface area contributed by atoms with Crippen LogP contribution >= 0.6 is 0 Å². The van der Waals surface area contributed by atoms with Crippen molar-refractivity contribution in [1.29, 1.82) is 0 Å². The second kappa shape index (κ2) is 12.4. The van der Waals surface area contributed by atoms with Crippen LogP contribution in [0.25, 0.3) is 22.0 Å². The van der Waals surface area contributed by atoms with Gasteiger partial charge in [-0.05, 0) is 88.8 Å². The maximum Gasteiger partial charge on any atom is 0.253 e. The number of benzene rings is 1. The highest BCUT2D eigenvalue weighted by atomic mass is 32.2. The third-order valence-corrected chi connectivity index (χ3v) is 12.1. The molecule has 0 spiro atoms. The van der Waals surface area contributed by atoms with Crippen molar-refractivity contribution in [3.63, 3.8) is 0 Å². The van der Waals surface area contributed by atoms with Gasteiger partial charge in [-0.15, -0.1) is 6.58 Å². The zero-order valence-electron chi connectivity index (χ0n) is 27.8. The molecular weight excluding hydrogens is 614 g/mol. The van der Waals surface area contributed by atoms with Crippen molar-refractivity contribution < 1.29 is 13.2 Å². The van der Waals surface area contributed by atoms with Gasteiger partial charge in [-0.25, -0.2) is 22.4 Å². The van der Waals surface area contributed by atoms with E-state index in [9.17, 15) is 18.0 Å². The highest BCUT2D eigenvalue weighted by molar-refractivity contribution is 7.91. The first-order valence-corrected chi connectivity index (χ1v) is 17.6. The molecule has 0 atom stereocenters. The summed E-state index contributed by atoms with van der Waals surface area (Å²) in [6, 6.07) is 5.91. The van der Waals surface area contributed by atoms with Crippen molar-refractivity contribution in [1.82, 2.24) is 29.1 Å². The first-order chi connectivity index (χ1) is 22.3. The third kappa shape index (κ3) is 6.00. The summed E-state index contributed by atoms with van der Waals surface area (Å²) in [6.45, 7) is 17.2. The Morgan fingerprint density at radius 2 is 1.72 bits per heavy atom. The summed E-state index contributed by atoms with van der Waals surface area (Å²) >= 11 is 0. The number of aromatic nitrogens is 4. The Labute approximate surface area is 275 Å². The summed E-state index contributed by atoms with van der Waals surface area (Å²) in [5.41, 5.74) is 4.39. The number of pyridine rings is 1. The lowest BCUT2D eigenvalue weighted by molar-refractivity contribution is 0.0952. The van der Waals surface area contributed by atoms with E-state index in [1.54, 1.807) is 36.8 Å². The zero-order valence-corrected chi connectivity index (χ0v) is 28.6. The molecule has 12 heteroatoms. The number of aromatic amines is 1. The first kappa shape index (κ1) is 32.6. The third-order valence-electron chi connectivity index (χ3n) is 9.65. The number of hydrogen-bond acceptors (Lipinski definition) is 8. The van der Waals surface area contributed by atoms with Gasteiger partial charge >= 0.3 is 0 Å². The van der Waals surface area contributed by atoms with Gasteiger partial charge < -0.3 is 15.2 Å². The number of carbonyl (C=O) groups is 1. The van der Waals surface area contributed by atoms with Gasteiger partial charge in [0.2, 0.25) is 16.0 Å². The van der Waals surface area contributed by atoms with E-state index in [2.05, 4.69) is 50.5 Å². The Bertz CT molecular complexity index is 2020. The minimum atomic E-state index is -3.81. The number of allylic oxidation sites excluding steroid dienone is 1. The highest BCUT2D eigenvalue weighted by Gasteiger charge is 2.54. The van der Waals surface area contributed by atoms with E-state index in [-0.39, 0.29) is 12.1 Å². The molecule has 248 valence electrons. The standard InChI is InChI=1S/C35H43N7O4S/c1-7-8-35(9-10-35)47(45,46)42-21-24(5)31-28(32(43)36-20-29-23(4)15-25(6)39-33(29)44)16-26(17-30(31)42)27-18-37-34(38-19-27)41-13-11-40(12-14-41)22(2)3/h7,15-19,21-22H,1,8-14,20H2,2-6H3,(H,36,43)(H,39,44). The number of fused-ring (bicyclic) bond motifs is 1. The number of anilines is 1. The van der Waals surface area contributed by atoms with Crippen molar-refractivity contribution in [2.45, 2.75) is 71.2 Å². The number of piperazine rings is 1. The van der Waals surface area contributed by atoms with E-state index in [1.165, 1.54) is 3.97 Å². The Morgan fingerprint density at radius 3 is 2.32 bits per heavy atom. The van der Waals surface area contributed by atoms with Crippen LogP contribution in [0.2, 0.25) is 0 Å². The van der Waals surface area contributed by atoms with Gasteiger partial charge in [-0.1, -0.05) is 6.08 Å². The molecule has 11 nitrogen and oxygen atoms in total. The number of carbonyl (C=O) groups excluding carboxylic acids is 1. The normalized spacial score (nSPS) is 16.5. The molecule has 2 aliphatic rings. The average Bonchev–Trinajstić information content (AvgIpc) is 3.76. The molecule has 4 aromatic rings. The topological polar surface area (TPSA) is 133 Å². The van der Waals surface area contributed by atoms with Crippen LogP contribution in [-0.4, -0.2) is 75.1 Å². The van der Waals surface area contributed by atoms with Crippen LogP contribution < -0.4 is 15.8 Å².